The first-order valence-electron chi connectivity index (χ1n) is 6.13. The number of benzene rings is 2. The van der Waals surface area contributed by atoms with Gasteiger partial charge >= 0.3 is 0 Å². The predicted molar refractivity (Wildman–Crippen MR) is 78.5 cm³/mol. The van der Waals surface area contributed by atoms with Crippen molar-refractivity contribution in [1.29, 1.82) is 0 Å². The molecule has 0 aliphatic carbocycles. The molecule has 1 aliphatic heterocycles. The molecule has 1 heterocycles. The molecule has 2 aromatic rings. The summed E-state index contributed by atoms with van der Waals surface area (Å²) in [4.78, 5) is 0. The predicted octanol–water partition coefficient (Wildman–Crippen LogP) is 4.80. The molecule has 20 heavy (non-hydrogen) atoms. The minimum atomic E-state index is -0.748. The molecule has 0 radical (unpaired) electrons. The van der Waals surface area contributed by atoms with E-state index in [1.807, 2.05) is 6.07 Å². The molecule has 104 valence electrons. The Morgan fingerprint density at radius 3 is 2.75 bits per heavy atom. The molecule has 2 nitrogen and oxygen atoms in total. The highest BCUT2D eigenvalue weighted by atomic mass is 79.9. The van der Waals surface area contributed by atoms with Crippen LogP contribution in [0.1, 0.15) is 29.8 Å². The third kappa shape index (κ3) is 2.55. The van der Waals surface area contributed by atoms with Crippen molar-refractivity contribution in [2.45, 2.75) is 18.6 Å². The molecule has 0 saturated heterocycles. The van der Waals surface area contributed by atoms with Crippen LogP contribution >= 0.6 is 27.5 Å². The summed E-state index contributed by atoms with van der Waals surface area (Å²) in [6.45, 7) is 0. The molecule has 0 bridgehead atoms. The van der Waals surface area contributed by atoms with Gasteiger partial charge in [0.05, 0.1) is 6.10 Å². The molecule has 0 saturated carbocycles. The number of halogens is 3. The van der Waals surface area contributed by atoms with Gasteiger partial charge in [-0.15, -0.1) is 0 Å². The summed E-state index contributed by atoms with van der Waals surface area (Å²) in [5.74, 6) is 0.134. The Labute approximate surface area is 129 Å². The number of hydrogen-bond donors (Lipinski definition) is 1. The van der Waals surface area contributed by atoms with Crippen molar-refractivity contribution >= 4 is 27.5 Å². The minimum Gasteiger partial charge on any atom is -0.485 e. The number of hydrogen-bond acceptors (Lipinski definition) is 2. The van der Waals surface area contributed by atoms with Crippen LogP contribution in [-0.4, -0.2) is 5.11 Å². The second-order valence-corrected chi connectivity index (χ2v) is 6.00. The summed E-state index contributed by atoms with van der Waals surface area (Å²) in [5.41, 5.74) is 1.40. The zero-order valence-electron chi connectivity index (χ0n) is 10.3. The van der Waals surface area contributed by atoms with E-state index < -0.39 is 6.10 Å². The van der Waals surface area contributed by atoms with Crippen molar-refractivity contribution in [2.75, 3.05) is 0 Å². The molecule has 3 rings (SSSR count). The summed E-state index contributed by atoms with van der Waals surface area (Å²) in [7, 11) is 0. The van der Waals surface area contributed by atoms with Gasteiger partial charge in [-0.1, -0.05) is 33.6 Å². The smallest absolute Gasteiger partial charge is 0.128 e. The van der Waals surface area contributed by atoms with E-state index >= 15 is 0 Å². The highest BCUT2D eigenvalue weighted by molar-refractivity contribution is 9.10. The number of aliphatic hydroxyl groups is 1. The van der Waals surface area contributed by atoms with Crippen LogP contribution in [-0.2, 0) is 0 Å². The molecular weight excluding hydrogens is 347 g/mol. The SMILES string of the molecule is O[C@H]1CC(c2ccc(Cl)cc2Br)Oc2ccc(F)cc21. The van der Waals surface area contributed by atoms with Gasteiger partial charge in [-0.05, 0) is 30.3 Å². The zero-order valence-corrected chi connectivity index (χ0v) is 12.7. The van der Waals surface area contributed by atoms with E-state index in [9.17, 15) is 9.50 Å². The second kappa shape index (κ2) is 5.35. The Morgan fingerprint density at radius 1 is 1.20 bits per heavy atom. The summed E-state index contributed by atoms with van der Waals surface area (Å²) in [6.07, 6.45) is -0.673. The van der Waals surface area contributed by atoms with Gasteiger partial charge in [0.25, 0.3) is 0 Å². The third-order valence-electron chi connectivity index (χ3n) is 3.35. The van der Waals surface area contributed by atoms with E-state index in [-0.39, 0.29) is 11.9 Å². The van der Waals surface area contributed by atoms with Crippen molar-refractivity contribution in [2.24, 2.45) is 0 Å². The molecule has 1 unspecified atom stereocenters. The van der Waals surface area contributed by atoms with Crippen molar-refractivity contribution in [1.82, 2.24) is 0 Å². The number of rotatable bonds is 1. The Kier molecular flexibility index (Phi) is 3.71. The lowest BCUT2D eigenvalue weighted by Gasteiger charge is -2.30. The summed E-state index contributed by atoms with van der Waals surface area (Å²) in [5, 5.41) is 10.8. The maximum absolute atomic E-state index is 13.2. The van der Waals surface area contributed by atoms with Gasteiger partial charge in [0.15, 0.2) is 0 Å². The fourth-order valence-corrected chi connectivity index (χ4v) is 3.31. The highest BCUT2D eigenvalue weighted by Crippen LogP contribution is 2.42. The van der Waals surface area contributed by atoms with Crippen molar-refractivity contribution in [3.63, 3.8) is 0 Å². The molecule has 0 fully saturated rings. The van der Waals surface area contributed by atoms with Gasteiger partial charge in [0.1, 0.15) is 17.7 Å². The van der Waals surface area contributed by atoms with Gasteiger partial charge in [-0.3, -0.25) is 0 Å². The maximum atomic E-state index is 13.2. The Balaban J connectivity index is 1.97. The quantitative estimate of drug-likeness (QED) is 0.794. The van der Waals surface area contributed by atoms with E-state index in [1.54, 1.807) is 18.2 Å². The fraction of sp³-hybridized carbons (Fsp3) is 0.200. The largest absolute Gasteiger partial charge is 0.485 e. The Morgan fingerprint density at radius 2 is 2.00 bits per heavy atom. The molecule has 0 aromatic heterocycles. The zero-order chi connectivity index (χ0) is 14.3. The summed E-state index contributed by atoms with van der Waals surface area (Å²) >= 11 is 9.37. The van der Waals surface area contributed by atoms with E-state index in [4.69, 9.17) is 16.3 Å². The second-order valence-electron chi connectivity index (χ2n) is 4.71. The number of ether oxygens (including phenoxy) is 1. The lowest BCUT2D eigenvalue weighted by Crippen LogP contribution is -2.19. The van der Waals surface area contributed by atoms with Gasteiger partial charge in [0, 0.05) is 27.0 Å². The molecule has 1 aliphatic rings. The normalized spacial score (nSPS) is 21.2. The molecule has 2 atom stereocenters. The number of aliphatic hydroxyl groups excluding tert-OH is 1. The van der Waals surface area contributed by atoms with Crippen molar-refractivity contribution in [3.05, 3.63) is 62.8 Å². The van der Waals surface area contributed by atoms with E-state index in [0.717, 1.165) is 10.0 Å². The molecule has 0 spiro atoms. The first kappa shape index (κ1) is 13.9. The average molecular weight is 358 g/mol. The van der Waals surface area contributed by atoms with Gasteiger partial charge in [0.2, 0.25) is 0 Å². The molecular formula is C15H11BrClFO2. The van der Waals surface area contributed by atoms with E-state index in [2.05, 4.69) is 15.9 Å². The summed E-state index contributed by atoms with van der Waals surface area (Å²) in [6, 6.07) is 9.60. The minimum absolute atomic E-state index is 0.297. The van der Waals surface area contributed by atoms with Gasteiger partial charge < -0.3 is 9.84 Å². The fourth-order valence-electron chi connectivity index (χ4n) is 2.37. The van der Waals surface area contributed by atoms with Crippen LogP contribution in [0, 0.1) is 5.82 Å². The van der Waals surface area contributed by atoms with E-state index in [1.165, 1.54) is 12.1 Å². The molecule has 2 aromatic carbocycles. The molecule has 0 amide bonds. The third-order valence-corrected chi connectivity index (χ3v) is 4.27. The van der Waals surface area contributed by atoms with Crippen LogP contribution in [0.5, 0.6) is 5.75 Å². The van der Waals surface area contributed by atoms with Crippen LogP contribution in [0.3, 0.4) is 0 Å². The number of fused-ring (bicyclic) bond motifs is 1. The maximum Gasteiger partial charge on any atom is 0.128 e. The van der Waals surface area contributed by atoms with Gasteiger partial charge in [-0.2, -0.15) is 0 Å². The molecule has 1 N–H and O–H groups in total. The summed E-state index contributed by atoms with van der Waals surface area (Å²) < 4.78 is 19.9. The van der Waals surface area contributed by atoms with Crippen LogP contribution in [0.4, 0.5) is 4.39 Å². The van der Waals surface area contributed by atoms with E-state index in [0.29, 0.717) is 22.8 Å². The first-order chi connectivity index (χ1) is 9.54. The van der Waals surface area contributed by atoms with Crippen LogP contribution < -0.4 is 4.74 Å². The van der Waals surface area contributed by atoms with Crippen LogP contribution in [0.2, 0.25) is 5.02 Å². The first-order valence-corrected chi connectivity index (χ1v) is 7.31. The Hall–Kier alpha value is -1.10. The topological polar surface area (TPSA) is 29.5 Å². The Bertz CT molecular complexity index is 662. The van der Waals surface area contributed by atoms with Crippen molar-refractivity contribution in [3.8, 4) is 5.75 Å². The monoisotopic (exact) mass is 356 g/mol. The standard InChI is InChI=1S/C15H11BrClFO2/c16-12-5-8(17)1-3-10(12)15-7-13(19)11-6-9(18)2-4-14(11)20-15/h1-6,13,15,19H,7H2/t13-,15?/m0/s1. The van der Waals surface area contributed by atoms with Gasteiger partial charge in [-0.25, -0.2) is 4.39 Å². The lowest BCUT2D eigenvalue weighted by molar-refractivity contribution is 0.0650. The highest BCUT2D eigenvalue weighted by Gasteiger charge is 2.29. The average Bonchev–Trinajstić information content (AvgIpc) is 2.39. The van der Waals surface area contributed by atoms with Crippen LogP contribution in [0.25, 0.3) is 0 Å². The molecule has 5 heteroatoms. The van der Waals surface area contributed by atoms with Crippen LogP contribution in [0.15, 0.2) is 40.9 Å². The lowest BCUT2D eigenvalue weighted by atomic mass is 9.95. The van der Waals surface area contributed by atoms with Crippen molar-refractivity contribution < 1.29 is 14.2 Å².